The quantitative estimate of drug-likeness (QED) is 0.873. The van der Waals surface area contributed by atoms with E-state index in [1.807, 2.05) is 25.1 Å². The fourth-order valence-corrected chi connectivity index (χ4v) is 3.84. The first-order valence-electron chi connectivity index (χ1n) is 6.80. The van der Waals surface area contributed by atoms with Crippen LogP contribution in [-0.4, -0.2) is 29.2 Å². The van der Waals surface area contributed by atoms with Crippen molar-refractivity contribution in [1.82, 2.24) is 10.2 Å². The highest BCUT2D eigenvalue weighted by Crippen LogP contribution is 2.33. The van der Waals surface area contributed by atoms with E-state index in [1.165, 1.54) is 0 Å². The van der Waals surface area contributed by atoms with E-state index in [0.29, 0.717) is 13.2 Å². The van der Waals surface area contributed by atoms with Gasteiger partial charge in [0.2, 0.25) is 0 Å². The van der Waals surface area contributed by atoms with Crippen LogP contribution in [0.5, 0.6) is 11.5 Å². The van der Waals surface area contributed by atoms with Crippen molar-refractivity contribution in [2.75, 3.05) is 19.0 Å². The molecule has 1 unspecified atom stereocenters. The largest absolute Gasteiger partial charge is 0.490 e. The van der Waals surface area contributed by atoms with Crippen LogP contribution in [0.15, 0.2) is 22.5 Å². The Labute approximate surface area is 131 Å². The van der Waals surface area contributed by atoms with Crippen molar-refractivity contribution in [3.05, 3.63) is 28.8 Å². The van der Waals surface area contributed by atoms with Crippen molar-refractivity contribution in [3.8, 4) is 11.5 Å². The Bertz CT molecular complexity index is 618. The summed E-state index contributed by atoms with van der Waals surface area (Å²) in [5.74, 6) is 2.35. The summed E-state index contributed by atoms with van der Waals surface area (Å²) >= 11 is 3.22. The molecule has 7 heteroatoms. The number of hydrogen-bond donors (Lipinski definition) is 1. The number of ether oxygens (including phenoxy) is 2. The van der Waals surface area contributed by atoms with Gasteiger partial charge in [-0.15, -0.1) is 10.2 Å². The van der Waals surface area contributed by atoms with E-state index in [9.17, 15) is 0 Å². The van der Waals surface area contributed by atoms with Gasteiger partial charge in [0, 0.05) is 18.2 Å². The highest BCUT2D eigenvalue weighted by atomic mass is 32.2. The molecule has 2 aromatic rings. The van der Waals surface area contributed by atoms with Crippen LogP contribution < -0.4 is 15.2 Å². The molecule has 2 heterocycles. The molecule has 0 radical (unpaired) electrons. The van der Waals surface area contributed by atoms with Crippen LogP contribution in [0.3, 0.4) is 0 Å². The lowest BCUT2D eigenvalue weighted by molar-refractivity contribution is 0.297. The maximum absolute atomic E-state index is 6.26. The fraction of sp³-hybridized carbons (Fsp3) is 0.429. The van der Waals surface area contributed by atoms with E-state index >= 15 is 0 Å². The van der Waals surface area contributed by atoms with Crippen molar-refractivity contribution in [2.45, 2.75) is 23.7 Å². The van der Waals surface area contributed by atoms with Crippen molar-refractivity contribution >= 4 is 23.1 Å². The van der Waals surface area contributed by atoms with Crippen LogP contribution in [0.1, 0.15) is 23.0 Å². The lowest BCUT2D eigenvalue weighted by Gasteiger charge is -2.14. The van der Waals surface area contributed by atoms with Crippen LogP contribution in [0, 0.1) is 6.92 Å². The van der Waals surface area contributed by atoms with Gasteiger partial charge in [-0.25, -0.2) is 0 Å². The molecule has 5 nitrogen and oxygen atoms in total. The maximum atomic E-state index is 6.26. The lowest BCUT2D eigenvalue weighted by atomic mass is 10.1. The summed E-state index contributed by atoms with van der Waals surface area (Å²) in [5.41, 5.74) is 7.31. The molecule has 3 rings (SSSR count). The zero-order chi connectivity index (χ0) is 14.7. The SMILES string of the molecule is Cc1nnc(SCC(N)c2ccc3c(c2)OCCCO3)s1. The fourth-order valence-electron chi connectivity index (χ4n) is 2.00. The maximum Gasteiger partial charge on any atom is 0.174 e. The number of fused-ring (bicyclic) bond motifs is 1. The van der Waals surface area contributed by atoms with E-state index in [1.54, 1.807) is 23.1 Å². The summed E-state index contributed by atoms with van der Waals surface area (Å²) in [6.45, 7) is 3.33. The van der Waals surface area contributed by atoms with Gasteiger partial charge < -0.3 is 15.2 Å². The van der Waals surface area contributed by atoms with E-state index in [-0.39, 0.29) is 6.04 Å². The van der Waals surface area contributed by atoms with Gasteiger partial charge in [-0.2, -0.15) is 0 Å². The second-order valence-corrected chi connectivity index (χ2v) is 7.21. The molecule has 0 spiro atoms. The Kier molecular flexibility index (Phi) is 4.62. The van der Waals surface area contributed by atoms with Gasteiger partial charge in [-0.05, 0) is 24.6 Å². The number of thioether (sulfide) groups is 1. The topological polar surface area (TPSA) is 70.3 Å². The number of aromatic nitrogens is 2. The normalized spacial score (nSPS) is 15.5. The zero-order valence-electron chi connectivity index (χ0n) is 11.7. The van der Waals surface area contributed by atoms with Crippen LogP contribution >= 0.6 is 23.1 Å². The molecule has 1 aliphatic heterocycles. The van der Waals surface area contributed by atoms with Crippen molar-refractivity contribution in [3.63, 3.8) is 0 Å². The Hall–Kier alpha value is -1.31. The minimum absolute atomic E-state index is 0.0728. The Balaban J connectivity index is 1.66. The molecular formula is C14H17N3O2S2. The highest BCUT2D eigenvalue weighted by molar-refractivity contribution is 8.01. The van der Waals surface area contributed by atoms with Gasteiger partial charge in [0.05, 0.1) is 13.2 Å². The first-order chi connectivity index (χ1) is 10.2. The number of aryl methyl sites for hydroxylation is 1. The molecule has 0 bridgehead atoms. The third-order valence-corrected chi connectivity index (χ3v) is 5.18. The number of nitrogens with zero attached hydrogens (tertiary/aromatic N) is 2. The van der Waals surface area contributed by atoms with Crippen LogP contribution in [0.25, 0.3) is 0 Å². The molecule has 0 saturated heterocycles. The molecule has 0 fully saturated rings. The van der Waals surface area contributed by atoms with Crippen LogP contribution in [-0.2, 0) is 0 Å². The second-order valence-electron chi connectivity index (χ2n) is 4.76. The minimum atomic E-state index is -0.0728. The van der Waals surface area contributed by atoms with Gasteiger partial charge in [-0.1, -0.05) is 29.2 Å². The number of hydrogen-bond acceptors (Lipinski definition) is 7. The van der Waals surface area contributed by atoms with E-state index in [0.717, 1.165) is 38.6 Å². The first kappa shape index (κ1) is 14.6. The molecule has 2 N–H and O–H groups in total. The summed E-state index contributed by atoms with van der Waals surface area (Å²) in [4.78, 5) is 0. The van der Waals surface area contributed by atoms with E-state index in [2.05, 4.69) is 10.2 Å². The van der Waals surface area contributed by atoms with Gasteiger partial charge in [0.15, 0.2) is 15.8 Å². The van der Waals surface area contributed by atoms with Crippen molar-refractivity contribution in [2.24, 2.45) is 5.73 Å². The zero-order valence-corrected chi connectivity index (χ0v) is 13.4. The van der Waals surface area contributed by atoms with Crippen LogP contribution in [0.2, 0.25) is 0 Å². The van der Waals surface area contributed by atoms with Crippen LogP contribution in [0.4, 0.5) is 0 Å². The van der Waals surface area contributed by atoms with Gasteiger partial charge >= 0.3 is 0 Å². The second kappa shape index (κ2) is 6.64. The van der Waals surface area contributed by atoms with Gasteiger partial charge in [0.25, 0.3) is 0 Å². The predicted molar refractivity (Wildman–Crippen MR) is 84.3 cm³/mol. The minimum Gasteiger partial charge on any atom is -0.490 e. The third kappa shape index (κ3) is 3.66. The molecule has 1 atom stereocenters. The molecule has 0 amide bonds. The molecular weight excluding hydrogens is 306 g/mol. The predicted octanol–water partition coefficient (Wildman–Crippen LogP) is 2.80. The molecule has 112 valence electrons. The summed E-state index contributed by atoms with van der Waals surface area (Å²) in [7, 11) is 0. The van der Waals surface area contributed by atoms with Gasteiger partial charge in [0.1, 0.15) is 5.01 Å². The molecule has 1 aromatic carbocycles. The van der Waals surface area contributed by atoms with Crippen molar-refractivity contribution < 1.29 is 9.47 Å². The smallest absolute Gasteiger partial charge is 0.174 e. The monoisotopic (exact) mass is 323 g/mol. The van der Waals surface area contributed by atoms with E-state index in [4.69, 9.17) is 15.2 Å². The number of rotatable bonds is 4. The standard InChI is InChI=1S/C14H17N3O2S2/c1-9-16-17-14(21-9)20-8-11(15)10-3-4-12-13(7-10)19-6-2-5-18-12/h3-4,7,11H,2,5-6,8,15H2,1H3. The highest BCUT2D eigenvalue weighted by Gasteiger charge is 2.14. The summed E-state index contributed by atoms with van der Waals surface area (Å²) < 4.78 is 12.3. The number of nitrogens with two attached hydrogens (primary N) is 1. The molecule has 1 aliphatic rings. The third-order valence-electron chi connectivity index (χ3n) is 3.09. The Morgan fingerprint density at radius 1 is 1.29 bits per heavy atom. The van der Waals surface area contributed by atoms with Crippen molar-refractivity contribution in [1.29, 1.82) is 0 Å². The Morgan fingerprint density at radius 3 is 2.86 bits per heavy atom. The molecule has 0 saturated carbocycles. The van der Waals surface area contributed by atoms with E-state index < -0.39 is 0 Å². The molecule has 1 aromatic heterocycles. The van der Waals surface area contributed by atoms with Gasteiger partial charge in [-0.3, -0.25) is 0 Å². The summed E-state index contributed by atoms with van der Waals surface area (Å²) in [6, 6.07) is 5.85. The Morgan fingerprint density at radius 2 is 2.10 bits per heavy atom. The summed E-state index contributed by atoms with van der Waals surface area (Å²) in [6.07, 6.45) is 0.905. The summed E-state index contributed by atoms with van der Waals surface area (Å²) in [5, 5.41) is 9.07. The molecule has 21 heavy (non-hydrogen) atoms. The number of benzene rings is 1. The average Bonchev–Trinajstić information content (AvgIpc) is 2.77. The first-order valence-corrected chi connectivity index (χ1v) is 8.60. The average molecular weight is 323 g/mol. The lowest BCUT2D eigenvalue weighted by Crippen LogP contribution is -2.13. The molecule has 0 aliphatic carbocycles.